The Morgan fingerprint density at radius 1 is 1.50 bits per heavy atom. The van der Waals surface area contributed by atoms with Crippen LogP contribution in [-0.4, -0.2) is 20.1 Å². The maximum atomic E-state index is 11.3. The third-order valence-electron chi connectivity index (χ3n) is 1.62. The number of alkyl halides is 1. The first-order valence-corrected chi connectivity index (χ1v) is 7.31. The van der Waals surface area contributed by atoms with Crippen molar-refractivity contribution in [2.24, 2.45) is 0 Å². The van der Waals surface area contributed by atoms with E-state index in [1.54, 1.807) is 11.3 Å². The molecule has 80 valence electrons. The standard InChI is InChI=1S/C8H12ClNO2S2/c9-3-1-5-14(11,12)10-6-8-2-4-13-7-8/h2,4,7,10H,1,3,5-6H2. The molecule has 0 saturated carbocycles. The summed E-state index contributed by atoms with van der Waals surface area (Å²) in [7, 11) is -3.15. The fraction of sp³-hybridized carbons (Fsp3) is 0.500. The van der Waals surface area contributed by atoms with E-state index in [0.29, 0.717) is 18.8 Å². The summed E-state index contributed by atoms with van der Waals surface area (Å²) in [4.78, 5) is 0. The van der Waals surface area contributed by atoms with Gasteiger partial charge in [0, 0.05) is 12.4 Å². The average molecular weight is 254 g/mol. The van der Waals surface area contributed by atoms with Crippen LogP contribution < -0.4 is 4.72 Å². The number of halogens is 1. The van der Waals surface area contributed by atoms with Crippen LogP contribution in [-0.2, 0) is 16.6 Å². The van der Waals surface area contributed by atoms with Gasteiger partial charge in [0.05, 0.1) is 5.75 Å². The lowest BCUT2D eigenvalue weighted by molar-refractivity contribution is 0.580. The molecule has 0 aromatic carbocycles. The zero-order valence-electron chi connectivity index (χ0n) is 7.57. The molecule has 1 heterocycles. The van der Waals surface area contributed by atoms with Crippen molar-refractivity contribution in [1.82, 2.24) is 4.72 Å². The summed E-state index contributed by atoms with van der Waals surface area (Å²) in [6.45, 7) is 0.369. The molecule has 0 aliphatic heterocycles. The molecule has 1 N–H and O–H groups in total. The predicted molar refractivity (Wildman–Crippen MR) is 60.3 cm³/mol. The maximum absolute atomic E-state index is 11.3. The van der Waals surface area contributed by atoms with Crippen LogP contribution in [0.25, 0.3) is 0 Å². The second-order valence-corrected chi connectivity index (χ2v) is 5.90. The zero-order valence-corrected chi connectivity index (χ0v) is 9.96. The summed E-state index contributed by atoms with van der Waals surface area (Å²) in [6.07, 6.45) is 0.487. The minimum absolute atomic E-state index is 0.0979. The Hall–Kier alpha value is -0.100. The molecular formula is C8H12ClNO2S2. The summed E-state index contributed by atoms with van der Waals surface area (Å²) in [5.41, 5.74) is 0.990. The summed E-state index contributed by atoms with van der Waals surface area (Å²) in [5.74, 6) is 0.472. The fourth-order valence-electron chi connectivity index (χ4n) is 0.903. The average Bonchev–Trinajstić information content (AvgIpc) is 2.64. The highest BCUT2D eigenvalue weighted by molar-refractivity contribution is 7.89. The molecule has 1 rings (SSSR count). The van der Waals surface area contributed by atoms with E-state index in [1.165, 1.54) is 0 Å². The second kappa shape index (κ2) is 5.70. The quantitative estimate of drug-likeness (QED) is 0.786. The van der Waals surface area contributed by atoms with Crippen molar-refractivity contribution in [1.29, 1.82) is 0 Å². The third kappa shape index (κ3) is 4.41. The summed E-state index contributed by atoms with van der Waals surface area (Å²) in [6, 6.07) is 1.90. The van der Waals surface area contributed by atoms with Crippen LogP contribution in [0.3, 0.4) is 0 Å². The molecule has 14 heavy (non-hydrogen) atoms. The van der Waals surface area contributed by atoms with Crippen molar-refractivity contribution >= 4 is 33.0 Å². The molecule has 0 aliphatic carbocycles. The second-order valence-electron chi connectivity index (χ2n) is 2.81. The van der Waals surface area contributed by atoms with Crippen LogP contribution in [0.4, 0.5) is 0 Å². The Morgan fingerprint density at radius 3 is 2.86 bits per heavy atom. The molecule has 1 aromatic rings. The summed E-state index contributed by atoms with van der Waals surface area (Å²) in [5, 5.41) is 3.84. The third-order valence-corrected chi connectivity index (χ3v) is 4.03. The van der Waals surface area contributed by atoms with Gasteiger partial charge in [0.2, 0.25) is 10.0 Å². The van der Waals surface area contributed by atoms with Crippen molar-refractivity contribution in [3.63, 3.8) is 0 Å². The molecule has 6 heteroatoms. The van der Waals surface area contributed by atoms with Gasteiger partial charge < -0.3 is 0 Å². The highest BCUT2D eigenvalue weighted by atomic mass is 35.5. The van der Waals surface area contributed by atoms with Crippen molar-refractivity contribution < 1.29 is 8.42 Å². The number of rotatable bonds is 6. The van der Waals surface area contributed by atoms with Gasteiger partial charge in [-0.2, -0.15) is 11.3 Å². The molecule has 1 aromatic heterocycles. The van der Waals surface area contributed by atoms with Crippen LogP contribution in [0.2, 0.25) is 0 Å². The van der Waals surface area contributed by atoms with Gasteiger partial charge in [-0.15, -0.1) is 11.6 Å². The Kier molecular flexibility index (Phi) is 4.88. The van der Waals surface area contributed by atoms with Crippen LogP contribution in [0, 0.1) is 0 Å². The number of nitrogens with one attached hydrogen (secondary N) is 1. The molecule has 0 unspecified atom stereocenters. The van der Waals surface area contributed by atoms with E-state index in [1.807, 2.05) is 16.8 Å². The largest absolute Gasteiger partial charge is 0.212 e. The highest BCUT2D eigenvalue weighted by Crippen LogP contribution is 2.05. The lowest BCUT2D eigenvalue weighted by Crippen LogP contribution is -2.25. The van der Waals surface area contributed by atoms with E-state index in [9.17, 15) is 8.42 Å². The predicted octanol–water partition coefficient (Wildman–Crippen LogP) is 1.80. The molecule has 3 nitrogen and oxygen atoms in total. The van der Waals surface area contributed by atoms with Gasteiger partial charge in [-0.3, -0.25) is 0 Å². The molecule has 0 atom stereocenters. The van der Waals surface area contributed by atoms with Gasteiger partial charge in [0.1, 0.15) is 0 Å². The van der Waals surface area contributed by atoms with Gasteiger partial charge in [-0.1, -0.05) is 0 Å². The lowest BCUT2D eigenvalue weighted by atomic mass is 10.4. The zero-order chi connectivity index (χ0) is 10.4. The Bertz CT molecular complexity index is 347. The van der Waals surface area contributed by atoms with E-state index in [2.05, 4.69) is 4.72 Å². The summed E-state index contributed by atoms with van der Waals surface area (Å²) < 4.78 is 25.2. The van der Waals surface area contributed by atoms with Gasteiger partial charge in [-0.05, 0) is 28.8 Å². The van der Waals surface area contributed by atoms with E-state index < -0.39 is 10.0 Å². The number of hydrogen-bond donors (Lipinski definition) is 1. The molecule has 0 radical (unpaired) electrons. The molecular weight excluding hydrogens is 242 g/mol. The van der Waals surface area contributed by atoms with Crippen LogP contribution in [0.5, 0.6) is 0 Å². The van der Waals surface area contributed by atoms with Crippen molar-refractivity contribution in [3.05, 3.63) is 22.4 Å². The molecule has 0 spiro atoms. The topological polar surface area (TPSA) is 46.2 Å². The van der Waals surface area contributed by atoms with E-state index in [-0.39, 0.29) is 5.75 Å². The van der Waals surface area contributed by atoms with Crippen molar-refractivity contribution in [2.75, 3.05) is 11.6 Å². The first-order chi connectivity index (χ1) is 6.64. The van der Waals surface area contributed by atoms with Gasteiger partial charge >= 0.3 is 0 Å². The first kappa shape index (κ1) is 12.0. The van der Waals surface area contributed by atoms with E-state index >= 15 is 0 Å². The Morgan fingerprint density at radius 2 is 2.29 bits per heavy atom. The normalized spacial score (nSPS) is 11.8. The van der Waals surface area contributed by atoms with Crippen LogP contribution >= 0.6 is 22.9 Å². The molecule has 0 saturated heterocycles. The van der Waals surface area contributed by atoms with Crippen LogP contribution in [0.1, 0.15) is 12.0 Å². The fourth-order valence-corrected chi connectivity index (χ4v) is 2.92. The Labute approximate surface area is 93.1 Å². The van der Waals surface area contributed by atoms with Crippen LogP contribution in [0.15, 0.2) is 16.8 Å². The van der Waals surface area contributed by atoms with Crippen molar-refractivity contribution in [3.8, 4) is 0 Å². The number of sulfonamides is 1. The molecule has 0 amide bonds. The van der Waals surface area contributed by atoms with E-state index in [4.69, 9.17) is 11.6 Å². The minimum Gasteiger partial charge on any atom is -0.212 e. The van der Waals surface area contributed by atoms with Gasteiger partial charge in [0.25, 0.3) is 0 Å². The minimum atomic E-state index is -3.15. The molecule has 0 bridgehead atoms. The monoisotopic (exact) mass is 253 g/mol. The van der Waals surface area contributed by atoms with Gasteiger partial charge in [0.15, 0.2) is 0 Å². The summed E-state index contributed by atoms with van der Waals surface area (Å²) >= 11 is 6.97. The molecule has 0 aliphatic rings. The maximum Gasteiger partial charge on any atom is 0.211 e. The number of hydrogen-bond acceptors (Lipinski definition) is 3. The molecule has 0 fully saturated rings. The first-order valence-electron chi connectivity index (χ1n) is 4.18. The SMILES string of the molecule is O=S(=O)(CCCCl)NCc1ccsc1. The lowest BCUT2D eigenvalue weighted by Gasteiger charge is -2.03. The van der Waals surface area contributed by atoms with Gasteiger partial charge in [-0.25, -0.2) is 13.1 Å². The smallest absolute Gasteiger partial charge is 0.211 e. The van der Waals surface area contributed by atoms with E-state index in [0.717, 1.165) is 5.56 Å². The number of thiophene rings is 1. The van der Waals surface area contributed by atoms with Crippen molar-refractivity contribution in [2.45, 2.75) is 13.0 Å². The Balaban J connectivity index is 2.37. The highest BCUT2D eigenvalue weighted by Gasteiger charge is 2.08.